The number of carbonyl (C=O) groups is 4. The summed E-state index contributed by atoms with van der Waals surface area (Å²) >= 11 is 0. The molecular weight excluding hydrogens is 386 g/mol. The smallest absolute Gasteiger partial charge is 0.261 e. The van der Waals surface area contributed by atoms with Gasteiger partial charge in [-0.25, -0.2) is 0 Å². The van der Waals surface area contributed by atoms with Gasteiger partial charge in [-0.05, 0) is 42.8 Å². The van der Waals surface area contributed by atoms with Crippen molar-refractivity contribution in [2.75, 3.05) is 30.9 Å². The van der Waals surface area contributed by atoms with Gasteiger partial charge in [0.25, 0.3) is 11.8 Å². The molecule has 0 bridgehead atoms. The third kappa shape index (κ3) is 3.20. The molecule has 30 heavy (non-hydrogen) atoms. The molecule has 0 aliphatic carbocycles. The molecule has 1 N–H and O–H groups in total. The number of imide groups is 1. The second-order valence-electron chi connectivity index (χ2n) is 7.50. The van der Waals surface area contributed by atoms with Crippen LogP contribution >= 0.6 is 0 Å². The lowest BCUT2D eigenvalue weighted by atomic mass is 10.1. The number of carbonyl (C=O) groups excluding carboxylic acids is 4. The van der Waals surface area contributed by atoms with E-state index in [-0.39, 0.29) is 36.3 Å². The maximum atomic E-state index is 12.8. The minimum atomic E-state index is -0.545. The molecule has 0 aromatic heterocycles. The number of hydrogen-bond donors (Lipinski definition) is 1. The standard InChI is InChI=1S/C22H21N3O5/c1-12-4-7-18(30-3)17(8-12)25-11-13(9-19(25)26)20(27)23-14-5-6-15-16(10-14)22(29)24(2)21(15)28/h4-8,10,13H,9,11H2,1-3H3,(H,23,27). The molecule has 0 spiro atoms. The second-order valence-corrected chi connectivity index (χ2v) is 7.50. The zero-order chi connectivity index (χ0) is 21.6. The highest BCUT2D eigenvalue weighted by Gasteiger charge is 2.37. The van der Waals surface area contributed by atoms with E-state index >= 15 is 0 Å². The van der Waals surface area contributed by atoms with Crippen LogP contribution in [-0.2, 0) is 9.59 Å². The SMILES string of the molecule is COc1ccc(C)cc1N1CC(C(=O)Nc2ccc3c(c2)C(=O)N(C)C3=O)CC1=O. The van der Waals surface area contributed by atoms with E-state index in [1.54, 1.807) is 17.0 Å². The minimum Gasteiger partial charge on any atom is -0.495 e. The fourth-order valence-corrected chi connectivity index (χ4v) is 3.81. The second kappa shape index (κ2) is 7.29. The van der Waals surface area contributed by atoms with Gasteiger partial charge in [0.1, 0.15) is 5.75 Å². The molecule has 2 aromatic rings. The summed E-state index contributed by atoms with van der Waals surface area (Å²) in [5.74, 6) is -1.22. The molecule has 8 heteroatoms. The fourth-order valence-electron chi connectivity index (χ4n) is 3.81. The van der Waals surface area contributed by atoms with Crippen molar-refractivity contribution >= 4 is 35.0 Å². The zero-order valence-corrected chi connectivity index (χ0v) is 16.9. The van der Waals surface area contributed by atoms with Crippen molar-refractivity contribution in [2.24, 2.45) is 5.92 Å². The normalized spacial score (nSPS) is 18.1. The molecule has 1 atom stereocenters. The van der Waals surface area contributed by atoms with Crippen LogP contribution in [-0.4, -0.2) is 49.2 Å². The molecule has 4 amide bonds. The van der Waals surface area contributed by atoms with Gasteiger partial charge < -0.3 is 15.0 Å². The Bertz CT molecular complexity index is 1090. The van der Waals surface area contributed by atoms with Crippen molar-refractivity contribution in [3.63, 3.8) is 0 Å². The molecule has 8 nitrogen and oxygen atoms in total. The lowest BCUT2D eigenvalue weighted by Crippen LogP contribution is -2.28. The number of nitrogens with one attached hydrogen (secondary N) is 1. The van der Waals surface area contributed by atoms with Crippen molar-refractivity contribution < 1.29 is 23.9 Å². The number of aryl methyl sites for hydroxylation is 1. The molecule has 2 aliphatic rings. The Morgan fingerprint density at radius 2 is 1.80 bits per heavy atom. The van der Waals surface area contributed by atoms with Crippen molar-refractivity contribution in [1.29, 1.82) is 0 Å². The van der Waals surface area contributed by atoms with Crippen molar-refractivity contribution in [2.45, 2.75) is 13.3 Å². The summed E-state index contributed by atoms with van der Waals surface area (Å²) in [5.41, 5.74) is 2.61. The van der Waals surface area contributed by atoms with E-state index in [4.69, 9.17) is 4.74 Å². The predicted molar refractivity (Wildman–Crippen MR) is 110 cm³/mol. The first-order valence-electron chi connectivity index (χ1n) is 9.52. The molecule has 4 rings (SSSR count). The molecule has 154 valence electrons. The largest absolute Gasteiger partial charge is 0.495 e. The van der Waals surface area contributed by atoms with E-state index in [0.717, 1.165) is 10.5 Å². The van der Waals surface area contributed by atoms with E-state index in [1.165, 1.54) is 26.3 Å². The predicted octanol–water partition coefficient (Wildman–Crippen LogP) is 2.22. The van der Waals surface area contributed by atoms with Crippen LogP contribution in [0.2, 0.25) is 0 Å². The first-order valence-corrected chi connectivity index (χ1v) is 9.52. The molecule has 2 aliphatic heterocycles. The number of amides is 4. The van der Waals surface area contributed by atoms with E-state index in [0.29, 0.717) is 22.7 Å². The maximum Gasteiger partial charge on any atom is 0.261 e. The molecule has 1 saturated heterocycles. The van der Waals surface area contributed by atoms with Gasteiger partial charge in [0.05, 0.1) is 29.8 Å². The van der Waals surface area contributed by atoms with Crippen LogP contribution in [0.5, 0.6) is 5.75 Å². The Morgan fingerprint density at radius 3 is 2.53 bits per heavy atom. The van der Waals surface area contributed by atoms with Crippen LogP contribution < -0.4 is 15.0 Å². The first-order chi connectivity index (χ1) is 14.3. The van der Waals surface area contributed by atoms with Crippen LogP contribution in [0.3, 0.4) is 0 Å². The van der Waals surface area contributed by atoms with Gasteiger partial charge >= 0.3 is 0 Å². The van der Waals surface area contributed by atoms with Gasteiger partial charge in [-0.3, -0.25) is 24.1 Å². The molecular formula is C22H21N3O5. The van der Waals surface area contributed by atoms with Gasteiger partial charge in [0, 0.05) is 25.7 Å². The highest BCUT2D eigenvalue weighted by molar-refractivity contribution is 6.21. The van der Waals surface area contributed by atoms with Gasteiger partial charge in [-0.1, -0.05) is 6.07 Å². The Labute approximate surface area is 173 Å². The Hall–Kier alpha value is -3.68. The quantitative estimate of drug-likeness (QED) is 0.784. The lowest BCUT2D eigenvalue weighted by Gasteiger charge is -2.20. The summed E-state index contributed by atoms with van der Waals surface area (Å²) < 4.78 is 5.36. The number of anilines is 2. The van der Waals surface area contributed by atoms with Crippen LogP contribution in [0.25, 0.3) is 0 Å². The number of rotatable bonds is 4. The number of hydrogen-bond acceptors (Lipinski definition) is 5. The number of ether oxygens (including phenoxy) is 1. The van der Waals surface area contributed by atoms with E-state index < -0.39 is 11.8 Å². The summed E-state index contributed by atoms with van der Waals surface area (Å²) in [6.07, 6.45) is 0.0774. The van der Waals surface area contributed by atoms with Gasteiger partial charge in [0.15, 0.2) is 0 Å². The molecule has 2 heterocycles. The summed E-state index contributed by atoms with van der Waals surface area (Å²) in [6, 6.07) is 10.2. The Balaban J connectivity index is 1.51. The number of methoxy groups -OCH3 is 1. The third-order valence-corrected chi connectivity index (χ3v) is 5.48. The number of fused-ring (bicyclic) bond motifs is 1. The zero-order valence-electron chi connectivity index (χ0n) is 16.9. The molecule has 0 saturated carbocycles. The van der Waals surface area contributed by atoms with Crippen LogP contribution in [0.4, 0.5) is 11.4 Å². The lowest BCUT2D eigenvalue weighted by molar-refractivity contribution is -0.122. The summed E-state index contributed by atoms with van der Waals surface area (Å²) in [4.78, 5) is 52.1. The van der Waals surface area contributed by atoms with E-state index in [2.05, 4.69) is 5.32 Å². The van der Waals surface area contributed by atoms with Crippen molar-refractivity contribution in [3.8, 4) is 5.75 Å². The molecule has 1 fully saturated rings. The Morgan fingerprint density at radius 1 is 1.07 bits per heavy atom. The number of benzene rings is 2. The highest BCUT2D eigenvalue weighted by atomic mass is 16.5. The summed E-state index contributed by atoms with van der Waals surface area (Å²) in [6.45, 7) is 2.15. The average Bonchev–Trinajstić information content (AvgIpc) is 3.22. The van der Waals surface area contributed by atoms with Crippen molar-refractivity contribution in [1.82, 2.24) is 4.90 Å². The maximum absolute atomic E-state index is 12.8. The average molecular weight is 407 g/mol. The summed E-state index contributed by atoms with van der Waals surface area (Å²) in [5, 5.41) is 2.77. The van der Waals surface area contributed by atoms with Crippen LogP contribution in [0.15, 0.2) is 36.4 Å². The van der Waals surface area contributed by atoms with E-state index in [9.17, 15) is 19.2 Å². The number of nitrogens with zero attached hydrogens (tertiary/aromatic N) is 2. The highest BCUT2D eigenvalue weighted by Crippen LogP contribution is 2.34. The van der Waals surface area contributed by atoms with Crippen LogP contribution in [0.1, 0.15) is 32.7 Å². The first kappa shape index (κ1) is 19.6. The topological polar surface area (TPSA) is 96.0 Å². The molecule has 2 aromatic carbocycles. The van der Waals surface area contributed by atoms with Crippen LogP contribution in [0, 0.1) is 12.8 Å². The van der Waals surface area contributed by atoms with Gasteiger partial charge in [0.2, 0.25) is 11.8 Å². The molecule has 0 radical (unpaired) electrons. The minimum absolute atomic E-state index is 0.0774. The van der Waals surface area contributed by atoms with Crippen molar-refractivity contribution in [3.05, 3.63) is 53.1 Å². The Kier molecular flexibility index (Phi) is 4.77. The monoisotopic (exact) mass is 407 g/mol. The van der Waals surface area contributed by atoms with Gasteiger partial charge in [-0.2, -0.15) is 0 Å². The third-order valence-electron chi connectivity index (χ3n) is 5.48. The fraction of sp³-hybridized carbons (Fsp3) is 0.273. The van der Waals surface area contributed by atoms with E-state index in [1.807, 2.05) is 19.1 Å². The summed E-state index contributed by atoms with van der Waals surface area (Å²) in [7, 11) is 2.96. The van der Waals surface area contributed by atoms with Gasteiger partial charge in [-0.15, -0.1) is 0 Å². The molecule has 1 unspecified atom stereocenters.